The largest absolute Gasteiger partial charge is 0.465 e. The highest BCUT2D eigenvalue weighted by atomic mass is 32.1. The number of carbonyl (C=O) groups excluding carboxylic acids is 4. The Morgan fingerprint density at radius 2 is 1.68 bits per heavy atom. The zero-order valence-corrected chi connectivity index (χ0v) is 22.5. The van der Waals surface area contributed by atoms with Crippen molar-refractivity contribution >= 4 is 51.7 Å². The third kappa shape index (κ3) is 3.54. The van der Waals surface area contributed by atoms with Crippen molar-refractivity contribution in [3.05, 3.63) is 97.5 Å². The second kappa shape index (κ2) is 9.23. The van der Waals surface area contributed by atoms with Gasteiger partial charge in [-0.15, -0.1) is 11.3 Å². The predicted octanol–water partition coefficient (Wildman–Crippen LogP) is 4.46. The number of fused-ring (bicyclic) bond motifs is 5. The van der Waals surface area contributed by atoms with Gasteiger partial charge in [0.05, 0.1) is 35.5 Å². The van der Waals surface area contributed by atoms with E-state index in [9.17, 15) is 29.3 Å². The molecule has 0 aliphatic carbocycles. The van der Waals surface area contributed by atoms with E-state index in [1.165, 1.54) is 31.4 Å². The van der Waals surface area contributed by atoms with Crippen LogP contribution >= 0.6 is 11.3 Å². The first kappa shape index (κ1) is 25.6. The number of nitro groups is 1. The molecule has 0 saturated carbocycles. The molecule has 202 valence electrons. The number of aryl methyl sites for hydroxylation is 1. The Balaban J connectivity index is 1.50. The van der Waals surface area contributed by atoms with E-state index < -0.39 is 52.4 Å². The van der Waals surface area contributed by atoms with Gasteiger partial charge in [0.15, 0.2) is 5.78 Å². The quantitative estimate of drug-likeness (QED) is 0.148. The third-order valence-corrected chi connectivity index (χ3v) is 9.24. The highest BCUT2D eigenvalue weighted by molar-refractivity contribution is 7.17. The van der Waals surface area contributed by atoms with Crippen LogP contribution in [0.4, 0.5) is 10.7 Å². The van der Waals surface area contributed by atoms with Crippen molar-refractivity contribution in [2.75, 3.05) is 12.0 Å². The van der Waals surface area contributed by atoms with E-state index in [2.05, 4.69) is 0 Å². The maximum atomic E-state index is 14.2. The van der Waals surface area contributed by atoms with Crippen molar-refractivity contribution in [1.82, 2.24) is 4.90 Å². The van der Waals surface area contributed by atoms with Gasteiger partial charge in [0.1, 0.15) is 11.0 Å². The fourth-order valence-corrected chi connectivity index (χ4v) is 7.24. The molecule has 2 amide bonds. The molecule has 0 bridgehead atoms. The first-order valence-electron chi connectivity index (χ1n) is 12.5. The number of nitro benzene ring substituents is 1. The van der Waals surface area contributed by atoms with Crippen molar-refractivity contribution in [2.24, 2.45) is 11.8 Å². The number of esters is 1. The summed E-state index contributed by atoms with van der Waals surface area (Å²) >= 11 is 1.16. The van der Waals surface area contributed by atoms with E-state index in [-0.39, 0.29) is 21.8 Å². The van der Waals surface area contributed by atoms with Crippen molar-refractivity contribution in [3.8, 4) is 0 Å². The maximum Gasteiger partial charge on any atom is 0.341 e. The number of thiophene rings is 1. The van der Waals surface area contributed by atoms with Gasteiger partial charge in [-0.25, -0.2) is 9.69 Å². The highest BCUT2D eigenvalue weighted by Gasteiger charge is 2.65. The van der Waals surface area contributed by atoms with Crippen LogP contribution in [-0.4, -0.2) is 46.5 Å². The lowest BCUT2D eigenvalue weighted by molar-refractivity contribution is -0.384. The number of imide groups is 1. The van der Waals surface area contributed by atoms with E-state index in [1.54, 1.807) is 24.9 Å². The Hall–Kier alpha value is -4.64. The molecular formula is C29H23N3O7S. The number of hydrogen-bond donors (Lipinski definition) is 0. The van der Waals surface area contributed by atoms with Gasteiger partial charge in [-0.05, 0) is 48.7 Å². The van der Waals surface area contributed by atoms with Gasteiger partial charge >= 0.3 is 5.97 Å². The van der Waals surface area contributed by atoms with Gasteiger partial charge in [0.2, 0.25) is 11.8 Å². The van der Waals surface area contributed by atoms with E-state index in [0.29, 0.717) is 5.56 Å². The molecule has 2 aromatic carbocycles. The second-order valence-corrected chi connectivity index (χ2v) is 11.2. The molecule has 2 saturated heterocycles. The molecule has 10 nitrogen and oxygen atoms in total. The first-order chi connectivity index (χ1) is 19.1. The predicted molar refractivity (Wildman–Crippen MR) is 146 cm³/mol. The lowest BCUT2D eigenvalue weighted by Crippen LogP contribution is -2.44. The second-order valence-electron chi connectivity index (χ2n) is 9.97. The summed E-state index contributed by atoms with van der Waals surface area (Å²) in [5.74, 6) is -4.06. The van der Waals surface area contributed by atoms with Gasteiger partial charge in [-0.1, -0.05) is 24.3 Å². The van der Waals surface area contributed by atoms with Crippen molar-refractivity contribution in [1.29, 1.82) is 0 Å². The van der Waals surface area contributed by atoms with Crippen LogP contribution in [0.2, 0.25) is 0 Å². The molecule has 3 aliphatic rings. The minimum Gasteiger partial charge on any atom is -0.465 e. The molecule has 3 aromatic rings. The first-order valence-corrected chi connectivity index (χ1v) is 13.4. The number of rotatable bonds is 5. The third-order valence-electron chi connectivity index (χ3n) is 8.05. The summed E-state index contributed by atoms with van der Waals surface area (Å²) in [6.45, 7) is 3.53. The van der Waals surface area contributed by atoms with Crippen LogP contribution in [0.1, 0.15) is 48.3 Å². The van der Waals surface area contributed by atoms with Gasteiger partial charge in [-0.3, -0.25) is 24.5 Å². The standard InChI is InChI=1S/C29H23N3O7S/c1-14-15(2)40-28(20(14)29(36)39-3)31-26(34)21-22(27(31)35)24(25(33)17-8-10-18(11-9-17)32(37)38)30-13-12-16-6-4-5-7-19(16)23(21)30/h4-13,21-24H,1-3H3/t21-,22+,23?,24-/m0/s1. The Morgan fingerprint density at radius 1 is 1.00 bits per heavy atom. The number of carbonyl (C=O) groups is 4. The number of hydrogen-bond acceptors (Lipinski definition) is 9. The Kier molecular flexibility index (Phi) is 5.91. The normalized spacial score (nSPS) is 22.7. The minimum absolute atomic E-state index is 0.158. The summed E-state index contributed by atoms with van der Waals surface area (Å²) in [5.41, 5.74) is 2.50. The molecule has 2 fully saturated rings. The number of Topliss-reactive ketones (excluding diaryl/α,β-unsaturated/α-hetero) is 1. The number of anilines is 1. The van der Waals surface area contributed by atoms with Crippen molar-refractivity contribution < 1.29 is 28.8 Å². The lowest BCUT2D eigenvalue weighted by atomic mass is 9.83. The molecule has 40 heavy (non-hydrogen) atoms. The van der Waals surface area contributed by atoms with Crippen LogP contribution in [0, 0.1) is 35.8 Å². The summed E-state index contributed by atoms with van der Waals surface area (Å²) < 4.78 is 4.97. The van der Waals surface area contributed by atoms with Crippen molar-refractivity contribution in [3.63, 3.8) is 0 Å². The zero-order chi connectivity index (χ0) is 28.5. The van der Waals surface area contributed by atoms with Gasteiger partial charge in [0, 0.05) is 28.8 Å². The number of ketones is 1. The summed E-state index contributed by atoms with van der Waals surface area (Å²) in [7, 11) is 1.24. The van der Waals surface area contributed by atoms with Crippen LogP contribution in [0.5, 0.6) is 0 Å². The van der Waals surface area contributed by atoms with E-state index >= 15 is 0 Å². The summed E-state index contributed by atoms with van der Waals surface area (Å²) in [6, 6.07) is 11.1. The Morgan fingerprint density at radius 3 is 2.35 bits per heavy atom. The smallest absolute Gasteiger partial charge is 0.341 e. The van der Waals surface area contributed by atoms with E-state index in [0.717, 1.165) is 32.2 Å². The molecule has 0 radical (unpaired) electrons. The lowest BCUT2D eigenvalue weighted by Gasteiger charge is -2.35. The Bertz CT molecular complexity index is 1660. The Labute approximate surface area is 232 Å². The number of amides is 2. The van der Waals surface area contributed by atoms with Crippen LogP contribution in [0.25, 0.3) is 6.08 Å². The van der Waals surface area contributed by atoms with Crippen LogP contribution in [0.3, 0.4) is 0 Å². The molecule has 4 heterocycles. The average molecular weight is 558 g/mol. The SMILES string of the molecule is COC(=O)c1c(N2C(=O)[C@@H]3[C@H](C2=O)C2c4ccccc4C=CN2[C@@H]3C(=O)c2ccc([N+](=O)[O-])cc2)sc(C)c1C. The molecular weight excluding hydrogens is 534 g/mol. The van der Waals surface area contributed by atoms with Crippen LogP contribution in [0.15, 0.2) is 54.7 Å². The number of methoxy groups -OCH3 is 1. The van der Waals surface area contributed by atoms with E-state index in [1.807, 2.05) is 30.3 Å². The molecule has 4 atom stereocenters. The highest BCUT2D eigenvalue weighted by Crippen LogP contribution is 2.55. The number of ether oxygens (including phenoxy) is 1. The molecule has 3 aliphatic heterocycles. The average Bonchev–Trinajstić information content (AvgIpc) is 3.54. The topological polar surface area (TPSA) is 127 Å². The van der Waals surface area contributed by atoms with Crippen LogP contribution in [-0.2, 0) is 14.3 Å². The molecule has 0 N–H and O–H groups in total. The van der Waals surface area contributed by atoms with Gasteiger partial charge in [0.25, 0.3) is 5.69 Å². The molecule has 1 unspecified atom stereocenters. The fraction of sp³-hybridized carbons (Fsp3) is 0.241. The molecule has 1 aromatic heterocycles. The fourth-order valence-electron chi connectivity index (χ4n) is 6.08. The summed E-state index contributed by atoms with van der Waals surface area (Å²) in [5, 5.41) is 11.3. The molecule has 11 heteroatoms. The summed E-state index contributed by atoms with van der Waals surface area (Å²) in [4.78, 5) is 69.3. The van der Waals surface area contributed by atoms with Gasteiger partial charge in [-0.2, -0.15) is 0 Å². The number of benzene rings is 2. The van der Waals surface area contributed by atoms with E-state index in [4.69, 9.17) is 4.74 Å². The van der Waals surface area contributed by atoms with Crippen LogP contribution < -0.4 is 4.90 Å². The number of non-ortho nitro benzene ring substituents is 1. The minimum atomic E-state index is -1.04. The zero-order valence-electron chi connectivity index (χ0n) is 21.7. The van der Waals surface area contributed by atoms with Crippen molar-refractivity contribution in [2.45, 2.75) is 25.9 Å². The van der Waals surface area contributed by atoms with Gasteiger partial charge < -0.3 is 9.64 Å². The summed E-state index contributed by atoms with van der Waals surface area (Å²) in [6.07, 6.45) is 3.58. The monoisotopic (exact) mass is 557 g/mol. The maximum absolute atomic E-state index is 14.2. The molecule has 0 spiro atoms. The number of nitrogens with zero attached hydrogens (tertiary/aromatic N) is 3. The molecule has 6 rings (SSSR count).